The van der Waals surface area contributed by atoms with Gasteiger partial charge in [0.1, 0.15) is 0 Å². The number of halogens is 2. The Morgan fingerprint density at radius 2 is 1.93 bits per heavy atom. The Hall–Kier alpha value is -1.95. The van der Waals surface area contributed by atoms with Crippen LogP contribution in [-0.4, -0.2) is 12.1 Å². The molecule has 0 radical (unpaired) electrons. The maximum absolute atomic E-state index is 9.64. The number of benzene rings is 2. The summed E-state index contributed by atoms with van der Waals surface area (Å²) in [5.74, 6) is 0.434. The van der Waals surface area contributed by atoms with Crippen molar-refractivity contribution < 1.29 is 0 Å². The maximum atomic E-state index is 9.64. The molecule has 0 saturated carbocycles. The van der Waals surface area contributed by atoms with Gasteiger partial charge in [0, 0.05) is 27.8 Å². The van der Waals surface area contributed by atoms with E-state index in [-0.39, 0.29) is 5.54 Å². The standard InChI is InChI=1S/C23H24Cl2N2/c1-5-27-22-12-21(25)17(11-20(22)15(2)13-23(27,3)4)10-18(14-26)16-6-8-19(24)9-7-16/h6-12,15H,5,13H2,1-4H3/b18-10+. The maximum Gasteiger partial charge on any atom is 0.0998 e. The second-order valence-corrected chi connectivity index (χ2v) is 8.61. The minimum atomic E-state index is 0.100. The van der Waals surface area contributed by atoms with Crippen LogP contribution in [0.15, 0.2) is 36.4 Å². The van der Waals surface area contributed by atoms with Gasteiger partial charge >= 0.3 is 0 Å². The van der Waals surface area contributed by atoms with Crippen LogP contribution in [0, 0.1) is 11.3 Å². The van der Waals surface area contributed by atoms with Crippen LogP contribution in [0.3, 0.4) is 0 Å². The zero-order valence-corrected chi connectivity index (χ0v) is 17.7. The van der Waals surface area contributed by atoms with Crippen LogP contribution < -0.4 is 4.90 Å². The third-order valence-electron chi connectivity index (χ3n) is 5.40. The lowest BCUT2D eigenvalue weighted by Crippen LogP contribution is -2.48. The van der Waals surface area contributed by atoms with Crippen molar-refractivity contribution in [2.45, 2.75) is 45.6 Å². The van der Waals surface area contributed by atoms with Gasteiger partial charge in [-0.25, -0.2) is 0 Å². The lowest BCUT2D eigenvalue weighted by atomic mass is 9.79. The van der Waals surface area contributed by atoms with E-state index >= 15 is 0 Å². The second-order valence-electron chi connectivity index (χ2n) is 7.77. The first-order chi connectivity index (χ1) is 12.8. The van der Waals surface area contributed by atoms with Gasteiger partial charge in [-0.15, -0.1) is 0 Å². The van der Waals surface area contributed by atoms with Crippen molar-refractivity contribution in [1.29, 1.82) is 5.26 Å². The van der Waals surface area contributed by atoms with Crippen molar-refractivity contribution in [2.24, 2.45) is 0 Å². The van der Waals surface area contributed by atoms with Crippen LogP contribution >= 0.6 is 23.2 Å². The molecule has 27 heavy (non-hydrogen) atoms. The van der Waals surface area contributed by atoms with Crippen molar-refractivity contribution in [3.8, 4) is 6.07 Å². The molecular weight excluding hydrogens is 375 g/mol. The molecule has 0 amide bonds. The molecule has 0 aromatic heterocycles. The van der Waals surface area contributed by atoms with Gasteiger partial charge in [-0.1, -0.05) is 42.3 Å². The van der Waals surface area contributed by atoms with Gasteiger partial charge in [0.05, 0.1) is 11.6 Å². The second kappa shape index (κ2) is 7.58. The van der Waals surface area contributed by atoms with Crippen LogP contribution in [0.5, 0.6) is 0 Å². The molecule has 1 aliphatic rings. The normalized spacial score (nSPS) is 18.8. The van der Waals surface area contributed by atoms with E-state index in [1.54, 1.807) is 12.1 Å². The Labute approximate surface area is 172 Å². The minimum absolute atomic E-state index is 0.100. The Balaban J connectivity index is 2.10. The molecule has 1 unspecified atom stereocenters. The highest BCUT2D eigenvalue weighted by molar-refractivity contribution is 6.32. The first kappa shape index (κ1) is 19.8. The van der Waals surface area contributed by atoms with Crippen molar-refractivity contribution in [3.63, 3.8) is 0 Å². The van der Waals surface area contributed by atoms with Crippen LogP contribution in [0.1, 0.15) is 56.7 Å². The minimum Gasteiger partial charge on any atom is -0.366 e. The largest absolute Gasteiger partial charge is 0.366 e. The van der Waals surface area contributed by atoms with E-state index < -0.39 is 0 Å². The molecule has 0 fully saturated rings. The Kier molecular flexibility index (Phi) is 5.56. The molecule has 1 aliphatic heterocycles. The molecule has 1 heterocycles. The number of hydrogen-bond acceptors (Lipinski definition) is 2. The van der Waals surface area contributed by atoms with Crippen molar-refractivity contribution in [2.75, 3.05) is 11.4 Å². The molecule has 0 N–H and O–H groups in total. The van der Waals surface area contributed by atoms with Gasteiger partial charge in [0.2, 0.25) is 0 Å². The quantitative estimate of drug-likeness (QED) is 0.404. The average molecular weight is 399 g/mol. The fraction of sp³-hybridized carbons (Fsp3) is 0.348. The van der Waals surface area contributed by atoms with E-state index in [0.717, 1.165) is 24.1 Å². The third-order valence-corrected chi connectivity index (χ3v) is 5.98. The average Bonchev–Trinajstić information content (AvgIpc) is 2.61. The van der Waals surface area contributed by atoms with E-state index in [4.69, 9.17) is 23.2 Å². The Morgan fingerprint density at radius 1 is 1.26 bits per heavy atom. The SMILES string of the molecule is CCN1c2cc(Cl)c(/C=C(\C#N)c3ccc(Cl)cc3)cc2C(C)CC1(C)C. The summed E-state index contributed by atoms with van der Waals surface area (Å²) < 4.78 is 0. The van der Waals surface area contributed by atoms with E-state index in [0.29, 0.717) is 21.5 Å². The fourth-order valence-corrected chi connectivity index (χ4v) is 4.53. The first-order valence-corrected chi connectivity index (χ1v) is 10.0. The summed E-state index contributed by atoms with van der Waals surface area (Å²) in [6.07, 6.45) is 2.95. The van der Waals surface area contributed by atoms with Crippen molar-refractivity contribution >= 4 is 40.5 Å². The van der Waals surface area contributed by atoms with Gasteiger partial charge in [0.25, 0.3) is 0 Å². The summed E-state index contributed by atoms with van der Waals surface area (Å²) in [4.78, 5) is 2.42. The lowest BCUT2D eigenvalue weighted by Gasteiger charge is -2.47. The molecule has 2 aromatic carbocycles. The fourth-order valence-electron chi connectivity index (χ4n) is 4.20. The predicted molar refractivity (Wildman–Crippen MR) is 117 cm³/mol. The number of anilines is 1. The topological polar surface area (TPSA) is 27.0 Å². The van der Waals surface area contributed by atoms with Gasteiger partial charge in [-0.05, 0) is 80.1 Å². The number of nitriles is 1. The summed E-state index contributed by atoms with van der Waals surface area (Å²) in [6.45, 7) is 9.95. The molecule has 0 saturated heterocycles. The van der Waals surface area contributed by atoms with Crippen LogP contribution in [0.2, 0.25) is 10.0 Å². The van der Waals surface area contributed by atoms with Gasteiger partial charge in [-0.3, -0.25) is 0 Å². The Bertz CT molecular complexity index is 921. The molecule has 4 heteroatoms. The van der Waals surface area contributed by atoms with Gasteiger partial charge < -0.3 is 4.90 Å². The number of nitrogens with zero attached hydrogens (tertiary/aromatic N) is 2. The monoisotopic (exact) mass is 398 g/mol. The van der Waals surface area contributed by atoms with Crippen molar-refractivity contribution in [3.05, 3.63) is 63.1 Å². The highest BCUT2D eigenvalue weighted by atomic mass is 35.5. The van der Waals surface area contributed by atoms with E-state index in [1.807, 2.05) is 18.2 Å². The molecular formula is C23H24Cl2N2. The first-order valence-electron chi connectivity index (χ1n) is 9.25. The smallest absolute Gasteiger partial charge is 0.0998 e. The van der Waals surface area contributed by atoms with Crippen LogP contribution in [0.4, 0.5) is 5.69 Å². The molecule has 1 atom stereocenters. The highest BCUT2D eigenvalue weighted by Crippen LogP contribution is 2.45. The zero-order valence-electron chi connectivity index (χ0n) is 16.2. The summed E-state index contributed by atoms with van der Waals surface area (Å²) >= 11 is 12.6. The summed E-state index contributed by atoms with van der Waals surface area (Å²) in [5.41, 5.74) is 4.88. The number of hydrogen-bond donors (Lipinski definition) is 0. The molecule has 3 rings (SSSR count). The summed E-state index contributed by atoms with van der Waals surface area (Å²) in [7, 11) is 0. The number of fused-ring (bicyclic) bond motifs is 1. The third kappa shape index (κ3) is 3.86. The van der Waals surface area contributed by atoms with Crippen molar-refractivity contribution in [1.82, 2.24) is 0 Å². The highest BCUT2D eigenvalue weighted by Gasteiger charge is 2.35. The molecule has 0 spiro atoms. The lowest BCUT2D eigenvalue weighted by molar-refractivity contribution is 0.381. The van der Waals surface area contributed by atoms with Crippen LogP contribution in [-0.2, 0) is 0 Å². The van der Waals surface area contributed by atoms with Crippen LogP contribution in [0.25, 0.3) is 11.6 Å². The number of allylic oxidation sites excluding steroid dienone is 1. The van der Waals surface area contributed by atoms with E-state index in [1.165, 1.54) is 11.3 Å². The molecule has 140 valence electrons. The molecule has 0 aliphatic carbocycles. The summed E-state index contributed by atoms with van der Waals surface area (Å²) in [5, 5.41) is 11.0. The van der Waals surface area contributed by atoms with E-state index in [9.17, 15) is 5.26 Å². The number of rotatable bonds is 3. The molecule has 0 bridgehead atoms. The van der Waals surface area contributed by atoms with Gasteiger partial charge in [-0.2, -0.15) is 5.26 Å². The van der Waals surface area contributed by atoms with E-state index in [2.05, 4.69) is 50.8 Å². The molecule has 2 aromatic rings. The predicted octanol–water partition coefficient (Wildman–Crippen LogP) is 7.17. The molecule has 2 nitrogen and oxygen atoms in total. The van der Waals surface area contributed by atoms with Gasteiger partial charge in [0.15, 0.2) is 0 Å². The summed E-state index contributed by atoms with van der Waals surface area (Å²) in [6, 6.07) is 13.8. The Morgan fingerprint density at radius 3 is 2.52 bits per heavy atom. The zero-order chi connectivity index (χ0) is 19.8.